The zero-order valence-electron chi connectivity index (χ0n) is 14.0. The lowest BCUT2D eigenvalue weighted by Gasteiger charge is -2.11. The van der Waals surface area contributed by atoms with Gasteiger partial charge >= 0.3 is 0 Å². The maximum atomic E-state index is 8.66. The van der Waals surface area contributed by atoms with E-state index in [0.29, 0.717) is 12.7 Å². The number of ether oxygens (including phenoxy) is 1. The highest BCUT2D eigenvalue weighted by Gasteiger charge is 2.01. The second-order valence-corrected chi connectivity index (χ2v) is 6.08. The lowest BCUT2D eigenvalue weighted by atomic mass is 10.0. The van der Waals surface area contributed by atoms with Crippen molar-refractivity contribution >= 4 is 0 Å². The first-order valence-electron chi connectivity index (χ1n) is 9.03. The minimum atomic E-state index is 0.142. The minimum absolute atomic E-state index is 0.142. The van der Waals surface area contributed by atoms with Gasteiger partial charge in [-0.15, -0.1) is 0 Å². The summed E-state index contributed by atoms with van der Waals surface area (Å²) in [5, 5.41) is 8.66. The minimum Gasteiger partial charge on any atom is -0.394 e. The standard InChI is InChI=1S/C18H38O2/c1-3-4-5-6-7-8-9-10-11-12-13-14-15-18(2)20-17-16-19/h18-19H,3-17H2,1-2H3. The number of unbranched alkanes of at least 4 members (excludes halogenated alkanes) is 11. The summed E-state index contributed by atoms with van der Waals surface area (Å²) in [7, 11) is 0. The molecule has 0 radical (unpaired) electrons. The number of hydrogen-bond donors (Lipinski definition) is 1. The van der Waals surface area contributed by atoms with E-state index in [1.807, 2.05) is 0 Å². The van der Waals surface area contributed by atoms with E-state index in [4.69, 9.17) is 9.84 Å². The highest BCUT2D eigenvalue weighted by molar-refractivity contribution is 4.53. The van der Waals surface area contributed by atoms with Gasteiger partial charge in [-0.25, -0.2) is 0 Å². The van der Waals surface area contributed by atoms with Crippen molar-refractivity contribution in [2.24, 2.45) is 0 Å². The van der Waals surface area contributed by atoms with Crippen molar-refractivity contribution in [1.29, 1.82) is 0 Å². The summed E-state index contributed by atoms with van der Waals surface area (Å²) in [6, 6.07) is 0. The molecule has 0 aromatic heterocycles. The third-order valence-electron chi connectivity index (χ3n) is 3.96. The Morgan fingerprint density at radius 2 is 1.20 bits per heavy atom. The summed E-state index contributed by atoms with van der Waals surface area (Å²) in [4.78, 5) is 0. The first-order chi connectivity index (χ1) is 9.81. The lowest BCUT2D eigenvalue weighted by Crippen LogP contribution is -2.11. The molecule has 0 heterocycles. The Balaban J connectivity index is 3.02. The molecule has 0 rings (SSSR count). The van der Waals surface area contributed by atoms with Crippen LogP contribution in [0, 0.1) is 0 Å². The molecule has 0 aliphatic rings. The van der Waals surface area contributed by atoms with Crippen LogP contribution in [0.2, 0.25) is 0 Å². The zero-order chi connectivity index (χ0) is 14.9. The summed E-state index contributed by atoms with van der Waals surface area (Å²) >= 11 is 0. The van der Waals surface area contributed by atoms with Gasteiger partial charge in [0.1, 0.15) is 0 Å². The van der Waals surface area contributed by atoms with Crippen LogP contribution >= 0.6 is 0 Å². The summed E-state index contributed by atoms with van der Waals surface area (Å²) < 4.78 is 5.44. The van der Waals surface area contributed by atoms with Crippen molar-refractivity contribution in [2.75, 3.05) is 13.2 Å². The molecule has 0 aromatic rings. The molecule has 122 valence electrons. The van der Waals surface area contributed by atoms with E-state index >= 15 is 0 Å². The van der Waals surface area contributed by atoms with Crippen LogP contribution in [0.5, 0.6) is 0 Å². The number of aliphatic hydroxyl groups is 1. The molecular formula is C18H38O2. The number of aliphatic hydroxyl groups excluding tert-OH is 1. The highest BCUT2D eigenvalue weighted by Crippen LogP contribution is 2.13. The Morgan fingerprint density at radius 1 is 0.750 bits per heavy atom. The van der Waals surface area contributed by atoms with Crippen molar-refractivity contribution in [3.05, 3.63) is 0 Å². The summed E-state index contributed by atoms with van der Waals surface area (Å²) in [6.07, 6.45) is 18.2. The molecule has 2 nitrogen and oxygen atoms in total. The molecule has 0 saturated carbocycles. The van der Waals surface area contributed by atoms with Gasteiger partial charge in [0.2, 0.25) is 0 Å². The van der Waals surface area contributed by atoms with Crippen LogP contribution in [0.25, 0.3) is 0 Å². The van der Waals surface area contributed by atoms with Gasteiger partial charge in [-0.1, -0.05) is 84.0 Å². The van der Waals surface area contributed by atoms with E-state index in [9.17, 15) is 0 Å². The largest absolute Gasteiger partial charge is 0.394 e. The fourth-order valence-corrected chi connectivity index (χ4v) is 2.61. The lowest BCUT2D eigenvalue weighted by molar-refractivity contribution is 0.0333. The van der Waals surface area contributed by atoms with Crippen LogP contribution in [0.1, 0.15) is 97.3 Å². The molecule has 0 aliphatic heterocycles. The predicted octanol–water partition coefficient (Wildman–Crippen LogP) is 5.48. The topological polar surface area (TPSA) is 29.5 Å². The third kappa shape index (κ3) is 16.0. The molecule has 1 unspecified atom stereocenters. The molecule has 0 fully saturated rings. The van der Waals surface area contributed by atoms with Crippen molar-refractivity contribution in [2.45, 2.75) is 103 Å². The number of rotatable bonds is 16. The van der Waals surface area contributed by atoms with Crippen molar-refractivity contribution in [3.8, 4) is 0 Å². The van der Waals surface area contributed by atoms with E-state index in [1.54, 1.807) is 0 Å². The van der Waals surface area contributed by atoms with Crippen molar-refractivity contribution in [1.82, 2.24) is 0 Å². The molecule has 20 heavy (non-hydrogen) atoms. The SMILES string of the molecule is CCCCCCCCCCCCCCC(C)OCCO. The fourth-order valence-electron chi connectivity index (χ4n) is 2.61. The molecule has 0 saturated heterocycles. The molecular weight excluding hydrogens is 248 g/mol. The summed E-state index contributed by atoms with van der Waals surface area (Å²) in [6.45, 7) is 5.01. The average Bonchev–Trinajstić information content (AvgIpc) is 2.46. The monoisotopic (exact) mass is 286 g/mol. The van der Waals surface area contributed by atoms with Crippen LogP contribution < -0.4 is 0 Å². The van der Waals surface area contributed by atoms with Gasteiger partial charge in [0.05, 0.1) is 19.3 Å². The van der Waals surface area contributed by atoms with Gasteiger partial charge in [-0.2, -0.15) is 0 Å². The quantitative estimate of drug-likeness (QED) is 0.381. The van der Waals surface area contributed by atoms with Crippen LogP contribution in [0.15, 0.2) is 0 Å². The average molecular weight is 286 g/mol. The van der Waals surface area contributed by atoms with Crippen molar-refractivity contribution in [3.63, 3.8) is 0 Å². The highest BCUT2D eigenvalue weighted by atomic mass is 16.5. The normalized spacial score (nSPS) is 12.8. The van der Waals surface area contributed by atoms with E-state index in [2.05, 4.69) is 13.8 Å². The maximum absolute atomic E-state index is 8.66. The second-order valence-electron chi connectivity index (χ2n) is 6.08. The molecule has 2 heteroatoms. The van der Waals surface area contributed by atoms with Gasteiger partial charge in [0, 0.05) is 0 Å². The Kier molecular flexibility index (Phi) is 16.9. The van der Waals surface area contributed by atoms with E-state index in [1.165, 1.54) is 77.0 Å². The molecule has 0 aliphatic carbocycles. The Morgan fingerprint density at radius 3 is 1.65 bits per heavy atom. The fraction of sp³-hybridized carbons (Fsp3) is 1.00. The van der Waals surface area contributed by atoms with Crippen LogP contribution in [0.3, 0.4) is 0 Å². The second kappa shape index (κ2) is 17.0. The Bertz CT molecular complexity index is 171. The number of hydrogen-bond acceptors (Lipinski definition) is 2. The molecule has 1 N–H and O–H groups in total. The smallest absolute Gasteiger partial charge is 0.0701 e. The molecule has 0 aromatic carbocycles. The van der Waals surface area contributed by atoms with Gasteiger partial charge in [-0.3, -0.25) is 0 Å². The first kappa shape index (κ1) is 19.9. The predicted molar refractivity (Wildman–Crippen MR) is 88.2 cm³/mol. The maximum Gasteiger partial charge on any atom is 0.0701 e. The Labute approximate surface area is 127 Å². The van der Waals surface area contributed by atoms with Crippen LogP contribution in [0.4, 0.5) is 0 Å². The van der Waals surface area contributed by atoms with Gasteiger partial charge in [-0.05, 0) is 13.3 Å². The van der Waals surface area contributed by atoms with Crippen LogP contribution in [-0.4, -0.2) is 24.4 Å². The first-order valence-corrected chi connectivity index (χ1v) is 9.03. The van der Waals surface area contributed by atoms with Gasteiger partial charge in [0.15, 0.2) is 0 Å². The molecule has 0 amide bonds. The zero-order valence-corrected chi connectivity index (χ0v) is 14.0. The van der Waals surface area contributed by atoms with Gasteiger partial charge < -0.3 is 9.84 Å². The van der Waals surface area contributed by atoms with E-state index < -0.39 is 0 Å². The van der Waals surface area contributed by atoms with E-state index in [-0.39, 0.29) is 6.61 Å². The molecule has 0 bridgehead atoms. The Hall–Kier alpha value is -0.0800. The van der Waals surface area contributed by atoms with Crippen LogP contribution in [-0.2, 0) is 4.74 Å². The molecule has 1 atom stereocenters. The summed E-state index contributed by atoms with van der Waals surface area (Å²) in [5.74, 6) is 0. The summed E-state index contributed by atoms with van der Waals surface area (Å²) in [5.41, 5.74) is 0. The van der Waals surface area contributed by atoms with Crippen molar-refractivity contribution < 1.29 is 9.84 Å². The van der Waals surface area contributed by atoms with Gasteiger partial charge in [0.25, 0.3) is 0 Å². The third-order valence-corrected chi connectivity index (χ3v) is 3.96. The molecule has 0 spiro atoms. The van der Waals surface area contributed by atoms with E-state index in [0.717, 1.165) is 6.42 Å².